The van der Waals surface area contributed by atoms with Crippen molar-refractivity contribution in [1.29, 1.82) is 0 Å². The Balaban J connectivity index is 1.68. The third-order valence-electron chi connectivity index (χ3n) is 3.01. The predicted molar refractivity (Wildman–Crippen MR) is 89.2 cm³/mol. The van der Waals surface area contributed by atoms with Gasteiger partial charge in [-0.2, -0.15) is 11.3 Å². The van der Waals surface area contributed by atoms with Gasteiger partial charge in [0.05, 0.1) is 6.54 Å². The first-order chi connectivity index (χ1) is 10.3. The molecule has 0 spiro atoms. The van der Waals surface area contributed by atoms with Gasteiger partial charge in [0.2, 0.25) is 0 Å². The highest BCUT2D eigenvalue weighted by Gasteiger charge is 2.00. The number of hydrogen-bond acceptors (Lipinski definition) is 3. The van der Waals surface area contributed by atoms with Gasteiger partial charge in [0, 0.05) is 13.6 Å². The maximum atomic E-state index is 5.74. The van der Waals surface area contributed by atoms with Gasteiger partial charge in [-0.1, -0.05) is 18.2 Å². The molecule has 0 amide bonds. The number of ether oxygens (including phenoxy) is 1. The van der Waals surface area contributed by atoms with Gasteiger partial charge in [-0.15, -0.1) is 0 Å². The molecule has 1 heterocycles. The van der Waals surface area contributed by atoms with Crippen LogP contribution in [0, 0.1) is 6.92 Å². The van der Waals surface area contributed by atoms with Crippen LogP contribution in [0.3, 0.4) is 0 Å². The van der Waals surface area contributed by atoms with Crippen LogP contribution in [0.4, 0.5) is 0 Å². The summed E-state index contributed by atoms with van der Waals surface area (Å²) in [6.45, 7) is 4.13. The van der Waals surface area contributed by atoms with Crippen LogP contribution in [0.5, 0.6) is 5.75 Å². The summed E-state index contributed by atoms with van der Waals surface area (Å²) in [6.07, 6.45) is 0. The van der Waals surface area contributed by atoms with E-state index in [0.717, 1.165) is 23.8 Å². The third kappa shape index (κ3) is 5.11. The lowest BCUT2D eigenvalue weighted by Gasteiger charge is -2.13. The average molecular weight is 303 g/mol. The summed E-state index contributed by atoms with van der Waals surface area (Å²) in [5.74, 6) is 1.72. The fraction of sp³-hybridized carbons (Fsp3) is 0.312. The first-order valence-corrected chi connectivity index (χ1v) is 7.88. The second kappa shape index (κ2) is 8.32. The van der Waals surface area contributed by atoms with Crippen LogP contribution in [0.1, 0.15) is 11.1 Å². The molecule has 4 nitrogen and oxygen atoms in total. The molecule has 0 aliphatic rings. The Morgan fingerprint density at radius 1 is 1.24 bits per heavy atom. The largest absolute Gasteiger partial charge is 0.491 e. The SMILES string of the molecule is CN=C(NCCOc1ccccc1C)NCc1ccsc1. The lowest BCUT2D eigenvalue weighted by molar-refractivity contribution is 0.320. The maximum absolute atomic E-state index is 5.74. The molecule has 0 saturated heterocycles. The molecule has 2 aromatic rings. The number of rotatable bonds is 6. The number of nitrogens with zero attached hydrogens (tertiary/aromatic N) is 1. The number of thiophene rings is 1. The van der Waals surface area contributed by atoms with Crippen molar-refractivity contribution in [2.75, 3.05) is 20.2 Å². The summed E-state index contributed by atoms with van der Waals surface area (Å²) < 4.78 is 5.74. The fourth-order valence-corrected chi connectivity index (χ4v) is 2.52. The molecule has 0 saturated carbocycles. The molecule has 1 aromatic carbocycles. The zero-order chi connectivity index (χ0) is 14.9. The van der Waals surface area contributed by atoms with Crippen LogP contribution in [0.25, 0.3) is 0 Å². The molecule has 1 aromatic heterocycles. The van der Waals surface area contributed by atoms with E-state index >= 15 is 0 Å². The molecular weight excluding hydrogens is 282 g/mol. The van der Waals surface area contributed by atoms with Crippen molar-refractivity contribution in [3.05, 3.63) is 52.2 Å². The Morgan fingerprint density at radius 2 is 2.10 bits per heavy atom. The van der Waals surface area contributed by atoms with Crippen LogP contribution < -0.4 is 15.4 Å². The number of benzene rings is 1. The van der Waals surface area contributed by atoms with E-state index in [1.165, 1.54) is 5.56 Å². The highest BCUT2D eigenvalue weighted by atomic mass is 32.1. The van der Waals surface area contributed by atoms with Gasteiger partial charge in [-0.05, 0) is 40.9 Å². The molecule has 5 heteroatoms. The van der Waals surface area contributed by atoms with Gasteiger partial charge in [-0.25, -0.2) is 0 Å². The molecule has 2 N–H and O–H groups in total. The first kappa shape index (κ1) is 15.4. The number of aryl methyl sites for hydroxylation is 1. The molecular formula is C16H21N3OS. The summed E-state index contributed by atoms with van der Waals surface area (Å²) >= 11 is 1.70. The van der Waals surface area contributed by atoms with E-state index in [1.807, 2.05) is 31.2 Å². The van der Waals surface area contributed by atoms with E-state index in [4.69, 9.17) is 4.74 Å². The summed E-state index contributed by atoms with van der Waals surface area (Å²) in [7, 11) is 1.77. The van der Waals surface area contributed by atoms with E-state index in [1.54, 1.807) is 18.4 Å². The van der Waals surface area contributed by atoms with E-state index in [2.05, 4.69) is 32.5 Å². The van der Waals surface area contributed by atoms with Crippen molar-refractivity contribution in [1.82, 2.24) is 10.6 Å². The Labute approximate surface area is 129 Å². The van der Waals surface area contributed by atoms with Crippen LogP contribution in [0.15, 0.2) is 46.1 Å². The zero-order valence-corrected chi connectivity index (χ0v) is 13.2. The van der Waals surface area contributed by atoms with Crippen molar-refractivity contribution in [2.24, 2.45) is 4.99 Å². The van der Waals surface area contributed by atoms with Crippen LogP contribution in [-0.2, 0) is 6.54 Å². The maximum Gasteiger partial charge on any atom is 0.191 e. The number of para-hydroxylation sites is 1. The van der Waals surface area contributed by atoms with Gasteiger partial charge in [0.1, 0.15) is 12.4 Å². The highest BCUT2D eigenvalue weighted by Crippen LogP contribution is 2.15. The Bertz CT molecular complexity index is 567. The van der Waals surface area contributed by atoms with E-state index in [0.29, 0.717) is 13.2 Å². The first-order valence-electron chi connectivity index (χ1n) is 6.93. The van der Waals surface area contributed by atoms with Crippen LogP contribution in [-0.4, -0.2) is 26.2 Å². The second-order valence-electron chi connectivity index (χ2n) is 4.60. The molecule has 0 radical (unpaired) electrons. The average Bonchev–Trinajstić information content (AvgIpc) is 3.01. The van der Waals surface area contributed by atoms with E-state index in [-0.39, 0.29) is 0 Å². The van der Waals surface area contributed by atoms with Gasteiger partial charge < -0.3 is 15.4 Å². The Morgan fingerprint density at radius 3 is 2.81 bits per heavy atom. The topological polar surface area (TPSA) is 45.7 Å². The molecule has 0 unspecified atom stereocenters. The van der Waals surface area contributed by atoms with Crippen LogP contribution >= 0.6 is 11.3 Å². The highest BCUT2D eigenvalue weighted by molar-refractivity contribution is 7.07. The van der Waals surface area contributed by atoms with Crippen LogP contribution in [0.2, 0.25) is 0 Å². The third-order valence-corrected chi connectivity index (χ3v) is 3.74. The quantitative estimate of drug-likeness (QED) is 0.490. The van der Waals surface area contributed by atoms with Gasteiger partial charge in [0.15, 0.2) is 5.96 Å². The minimum atomic E-state index is 0.601. The smallest absolute Gasteiger partial charge is 0.191 e. The summed E-state index contributed by atoms with van der Waals surface area (Å²) in [5.41, 5.74) is 2.41. The molecule has 112 valence electrons. The lowest BCUT2D eigenvalue weighted by atomic mass is 10.2. The zero-order valence-electron chi connectivity index (χ0n) is 12.4. The Kier molecular flexibility index (Phi) is 6.09. The van der Waals surface area contributed by atoms with Gasteiger partial charge in [-0.3, -0.25) is 4.99 Å². The minimum Gasteiger partial charge on any atom is -0.491 e. The Hall–Kier alpha value is -2.01. The molecule has 0 bridgehead atoms. The van der Waals surface area contributed by atoms with Crippen molar-refractivity contribution >= 4 is 17.3 Å². The normalized spacial score (nSPS) is 11.2. The molecule has 2 rings (SSSR count). The molecule has 0 fully saturated rings. The van der Waals surface area contributed by atoms with Crippen molar-refractivity contribution in [3.8, 4) is 5.75 Å². The standard InChI is InChI=1S/C16H21N3OS/c1-13-5-3-4-6-15(13)20-9-8-18-16(17-2)19-11-14-7-10-21-12-14/h3-7,10,12H,8-9,11H2,1-2H3,(H2,17,18,19). The molecule has 21 heavy (non-hydrogen) atoms. The number of nitrogens with one attached hydrogen (secondary N) is 2. The van der Waals surface area contributed by atoms with Crippen molar-refractivity contribution in [3.63, 3.8) is 0 Å². The number of aliphatic imine (C=N–C) groups is 1. The summed E-state index contributed by atoms with van der Waals surface area (Å²) in [6, 6.07) is 10.1. The number of guanidine groups is 1. The summed E-state index contributed by atoms with van der Waals surface area (Å²) in [5, 5.41) is 10.7. The van der Waals surface area contributed by atoms with E-state index in [9.17, 15) is 0 Å². The fourth-order valence-electron chi connectivity index (χ4n) is 1.85. The summed E-state index contributed by atoms with van der Waals surface area (Å²) in [4.78, 5) is 4.19. The second-order valence-corrected chi connectivity index (χ2v) is 5.38. The molecule has 0 aliphatic heterocycles. The van der Waals surface area contributed by atoms with Gasteiger partial charge >= 0.3 is 0 Å². The van der Waals surface area contributed by atoms with Crippen molar-refractivity contribution < 1.29 is 4.74 Å². The molecule has 0 aliphatic carbocycles. The minimum absolute atomic E-state index is 0.601. The monoisotopic (exact) mass is 303 g/mol. The lowest BCUT2D eigenvalue weighted by Crippen LogP contribution is -2.38. The molecule has 0 atom stereocenters. The van der Waals surface area contributed by atoms with E-state index < -0.39 is 0 Å². The van der Waals surface area contributed by atoms with Gasteiger partial charge in [0.25, 0.3) is 0 Å². The predicted octanol–water partition coefficient (Wildman–Crippen LogP) is 2.80. The number of hydrogen-bond donors (Lipinski definition) is 2. The van der Waals surface area contributed by atoms with Crippen molar-refractivity contribution in [2.45, 2.75) is 13.5 Å².